The number of nitrogens with one attached hydrogen (secondary N) is 1. The van der Waals surface area contributed by atoms with Gasteiger partial charge in [0.05, 0.1) is 0 Å². The molecule has 0 atom stereocenters. The molecule has 3 heterocycles. The molecule has 3 aliphatic heterocycles. The predicted molar refractivity (Wildman–Crippen MR) is 83.4 cm³/mol. The Bertz CT molecular complexity index is 428. The van der Waals surface area contributed by atoms with Crippen molar-refractivity contribution in [1.29, 1.82) is 0 Å². The van der Waals surface area contributed by atoms with Crippen molar-refractivity contribution < 1.29 is 9.59 Å². The summed E-state index contributed by atoms with van der Waals surface area (Å²) in [5.41, 5.74) is 4.82. The molecular formula is C15H27N5O2. The highest BCUT2D eigenvalue weighted by atomic mass is 16.2. The van der Waals surface area contributed by atoms with Crippen molar-refractivity contribution in [3.8, 4) is 0 Å². The standard InChI is InChI=1S/C15H27N5O2/c16-5-10-20-13(21)15(17-14(20)22)3-8-19(9-4-15)12-11-18-6-1-2-7-18/h1-12,16H2,(H,17,22). The molecule has 7 heteroatoms. The van der Waals surface area contributed by atoms with Crippen LogP contribution in [0.1, 0.15) is 25.7 Å². The average molecular weight is 309 g/mol. The normalized spacial score (nSPS) is 26.1. The monoisotopic (exact) mass is 309 g/mol. The Kier molecular flexibility index (Phi) is 4.65. The van der Waals surface area contributed by atoms with Crippen LogP contribution in [0.3, 0.4) is 0 Å². The number of hydrogen-bond donors (Lipinski definition) is 2. The number of rotatable bonds is 5. The first kappa shape index (κ1) is 15.7. The van der Waals surface area contributed by atoms with E-state index in [1.165, 1.54) is 30.8 Å². The van der Waals surface area contributed by atoms with Crippen LogP contribution in [0.15, 0.2) is 0 Å². The smallest absolute Gasteiger partial charge is 0.325 e. The maximum Gasteiger partial charge on any atom is 0.325 e. The summed E-state index contributed by atoms with van der Waals surface area (Å²) in [4.78, 5) is 30.7. The Balaban J connectivity index is 1.50. The lowest BCUT2D eigenvalue weighted by Crippen LogP contribution is -2.55. The highest BCUT2D eigenvalue weighted by molar-refractivity contribution is 6.07. The number of carbonyl (C=O) groups excluding carboxylic acids is 2. The van der Waals surface area contributed by atoms with Gasteiger partial charge in [-0.15, -0.1) is 0 Å². The molecule has 3 N–H and O–H groups in total. The summed E-state index contributed by atoms with van der Waals surface area (Å²) in [5, 5.41) is 2.92. The van der Waals surface area contributed by atoms with Gasteiger partial charge in [-0.25, -0.2) is 4.79 Å². The predicted octanol–water partition coefficient (Wildman–Crippen LogP) is -0.573. The van der Waals surface area contributed by atoms with Crippen LogP contribution in [0.5, 0.6) is 0 Å². The molecule has 0 aromatic heterocycles. The SMILES string of the molecule is NCCN1C(=O)NC2(CCN(CCN3CCCC3)CC2)C1=O. The number of likely N-dealkylation sites (tertiary alicyclic amines) is 2. The van der Waals surface area contributed by atoms with E-state index in [1.54, 1.807) is 0 Å². The van der Waals surface area contributed by atoms with Gasteiger partial charge in [0.15, 0.2) is 0 Å². The summed E-state index contributed by atoms with van der Waals surface area (Å²) in [6, 6.07) is -0.277. The van der Waals surface area contributed by atoms with Crippen LogP contribution < -0.4 is 11.1 Å². The van der Waals surface area contributed by atoms with Crippen molar-refractivity contribution in [1.82, 2.24) is 20.0 Å². The quantitative estimate of drug-likeness (QED) is 0.665. The second kappa shape index (κ2) is 6.52. The van der Waals surface area contributed by atoms with E-state index in [2.05, 4.69) is 15.1 Å². The van der Waals surface area contributed by atoms with Gasteiger partial charge in [-0.3, -0.25) is 9.69 Å². The molecule has 3 rings (SSSR count). The summed E-state index contributed by atoms with van der Waals surface area (Å²) >= 11 is 0. The lowest BCUT2D eigenvalue weighted by molar-refractivity contribution is -0.132. The molecular weight excluding hydrogens is 282 g/mol. The minimum Gasteiger partial charge on any atom is -0.329 e. The Labute approximate surface area is 131 Å². The zero-order valence-electron chi connectivity index (χ0n) is 13.2. The first-order valence-electron chi connectivity index (χ1n) is 8.43. The number of nitrogens with zero attached hydrogens (tertiary/aromatic N) is 3. The Morgan fingerprint density at radius 2 is 1.55 bits per heavy atom. The van der Waals surface area contributed by atoms with Gasteiger partial charge in [0.1, 0.15) is 5.54 Å². The molecule has 3 amide bonds. The summed E-state index contributed by atoms with van der Waals surface area (Å²) in [5.74, 6) is -0.0813. The Morgan fingerprint density at radius 3 is 2.14 bits per heavy atom. The van der Waals surface area contributed by atoms with Crippen LogP contribution in [-0.2, 0) is 4.79 Å². The van der Waals surface area contributed by atoms with Crippen molar-refractivity contribution in [2.45, 2.75) is 31.2 Å². The number of imide groups is 1. The third-order valence-electron chi connectivity index (χ3n) is 5.24. The van der Waals surface area contributed by atoms with Crippen LogP contribution in [0, 0.1) is 0 Å². The maximum absolute atomic E-state index is 12.5. The molecule has 0 bridgehead atoms. The number of amides is 3. The number of piperidine rings is 1. The molecule has 0 unspecified atom stereocenters. The zero-order chi connectivity index (χ0) is 15.6. The van der Waals surface area contributed by atoms with Gasteiger partial charge in [0.25, 0.3) is 5.91 Å². The van der Waals surface area contributed by atoms with Gasteiger partial charge < -0.3 is 20.9 Å². The maximum atomic E-state index is 12.5. The van der Waals surface area contributed by atoms with Gasteiger partial charge in [-0.2, -0.15) is 0 Å². The molecule has 3 saturated heterocycles. The van der Waals surface area contributed by atoms with Gasteiger partial charge >= 0.3 is 6.03 Å². The largest absolute Gasteiger partial charge is 0.329 e. The van der Waals surface area contributed by atoms with Crippen LogP contribution >= 0.6 is 0 Å². The minimum absolute atomic E-state index is 0.0813. The lowest BCUT2D eigenvalue weighted by Gasteiger charge is -2.37. The van der Waals surface area contributed by atoms with Crippen LogP contribution in [0.2, 0.25) is 0 Å². The van der Waals surface area contributed by atoms with Gasteiger partial charge in [-0.1, -0.05) is 0 Å². The Morgan fingerprint density at radius 1 is 0.955 bits per heavy atom. The summed E-state index contributed by atoms with van der Waals surface area (Å²) in [7, 11) is 0. The number of carbonyl (C=O) groups is 2. The molecule has 7 nitrogen and oxygen atoms in total. The van der Waals surface area contributed by atoms with E-state index in [-0.39, 0.29) is 11.9 Å². The van der Waals surface area contributed by atoms with E-state index in [0.29, 0.717) is 25.9 Å². The summed E-state index contributed by atoms with van der Waals surface area (Å²) in [6.07, 6.45) is 4.05. The molecule has 0 aromatic carbocycles. The third-order valence-corrected chi connectivity index (χ3v) is 5.24. The lowest BCUT2D eigenvalue weighted by atomic mass is 9.87. The van der Waals surface area contributed by atoms with Crippen molar-refractivity contribution >= 4 is 11.9 Å². The van der Waals surface area contributed by atoms with Gasteiger partial charge in [0.2, 0.25) is 0 Å². The van der Waals surface area contributed by atoms with Crippen molar-refractivity contribution in [3.05, 3.63) is 0 Å². The molecule has 0 saturated carbocycles. The molecule has 124 valence electrons. The number of urea groups is 1. The summed E-state index contributed by atoms with van der Waals surface area (Å²) < 4.78 is 0. The fourth-order valence-corrected chi connectivity index (χ4v) is 3.79. The van der Waals surface area contributed by atoms with Crippen LogP contribution in [0.4, 0.5) is 4.79 Å². The highest BCUT2D eigenvalue weighted by Crippen LogP contribution is 2.29. The topological polar surface area (TPSA) is 81.9 Å². The fraction of sp³-hybridized carbons (Fsp3) is 0.867. The molecule has 1 spiro atoms. The van der Waals surface area contributed by atoms with E-state index in [9.17, 15) is 9.59 Å². The molecule has 3 fully saturated rings. The second-order valence-electron chi connectivity index (χ2n) is 6.65. The van der Waals surface area contributed by atoms with Crippen LogP contribution in [0.25, 0.3) is 0 Å². The molecule has 0 aromatic rings. The molecule has 0 radical (unpaired) electrons. The van der Waals surface area contributed by atoms with E-state index in [4.69, 9.17) is 5.73 Å². The van der Waals surface area contributed by atoms with E-state index < -0.39 is 5.54 Å². The first-order chi connectivity index (χ1) is 10.6. The van der Waals surface area contributed by atoms with Gasteiger partial charge in [-0.05, 0) is 38.8 Å². The zero-order valence-corrected chi connectivity index (χ0v) is 13.2. The van der Waals surface area contributed by atoms with Crippen LogP contribution in [-0.4, -0.2) is 84.5 Å². The first-order valence-corrected chi connectivity index (χ1v) is 8.43. The number of nitrogens with two attached hydrogens (primary N) is 1. The second-order valence-corrected chi connectivity index (χ2v) is 6.65. The van der Waals surface area contributed by atoms with Crippen molar-refractivity contribution in [2.75, 3.05) is 52.4 Å². The highest BCUT2D eigenvalue weighted by Gasteiger charge is 2.51. The Hall–Kier alpha value is -1.18. The number of hydrogen-bond acceptors (Lipinski definition) is 5. The average Bonchev–Trinajstić information content (AvgIpc) is 3.11. The van der Waals surface area contributed by atoms with E-state index in [0.717, 1.165) is 26.2 Å². The third kappa shape index (κ3) is 2.98. The van der Waals surface area contributed by atoms with Crippen molar-refractivity contribution in [3.63, 3.8) is 0 Å². The van der Waals surface area contributed by atoms with Gasteiger partial charge in [0, 0.05) is 39.3 Å². The molecule has 22 heavy (non-hydrogen) atoms. The summed E-state index contributed by atoms with van der Waals surface area (Å²) in [6.45, 7) is 6.99. The van der Waals surface area contributed by atoms with Crippen molar-refractivity contribution in [2.24, 2.45) is 5.73 Å². The molecule has 3 aliphatic rings. The minimum atomic E-state index is -0.670. The van der Waals surface area contributed by atoms with E-state index >= 15 is 0 Å². The van der Waals surface area contributed by atoms with E-state index in [1.807, 2.05) is 0 Å². The molecule has 0 aliphatic carbocycles. The fourth-order valence-electron chi connectivity index (χ4n) is 3.79.